The van der Waals surface area contributed by atoms with Crippen LogP contribution in [0.15, 0.2) is 5.80 Å². The molecule has 1 fully saturated rings. The summed E-state index contributed by atoms with van der Waals surface area (Å²) in [6, 6.07) is 0. The second-order valence-corrected chi connectivity index (χ2v) is 8.18. The average Bonchev–Trinajstić information content (AvgIpc) is 2.59. The Hall–Kier alpha value is 0.640. The van der Waals surface area contributed by atoms with Gasteiger partial charge < -0.3 is 0 Å². The summed E-state index contributed by atoms with van der Waals surface area (Å²) in [7, 11) is 4.43. The Kier molecular flexibility index (Phi) is 2.45. The van der Waals surface area contributed by atoms with Crippen molar-refractivity contribution in [2.45, 2.75) is 31.6 Å². The summed E-state index contributed by atoms with van der Waals surface area (Å²) in [5, 5.41) is 1.78. The Morgan fingerprint density at radius 3 is 2.80 bits per heavy atom. The molecule has 0 radical (unpaired) electrons. The lowest BCUT2D eigenvalue weighted by Crippen LogP contribution is -1.84. The first-order valence-corrected chi connectivity index (χ1v) is 8.36. The molecule has 0 aromatic carbocycles. The van der Waals surface area contributed by atoms with E-state index in [0.29, 0.717) is 0 Å². The van der Waals surface area contributed by atoms with Crippen LogP contribution in [0.25, 0.3) is 0 Å². The van der Waals surface area contributed by atoms with Crippen molar-refractivity contribution in [1.29, 1.82) is 0 Å². The van der Waals surface area contributed by atoms with Crippen LogP contribution in [0, 0.1) is 0 Å². The molecule has 2 rings (SSSR count). The minimum atomic E-state index is 1.00. The summed E-state index contributed by atoms with van der Waals surface area (Å²) < 4.78 is 0. The van der Waals surface area contributed by atoms with Crippen LogP contribution in [-0.4, -0.2) is 0 Å². The zero-order valence-electron chi connectivity index (χ0n) is 5.88. The zero-order valence-corrected chi connectivity index (χ0v) is 8.67. The van der Waals surface area contributed by atoms with Gasteiger partial charge in [0.2, 0.25) is 0 Å². The Morgan fingerprint density at radius 2 is 2.20 bits per heavy atom. The largest absolute Gasteiger partial charge is 0.0815 e. The SMILES string of the molecule is c1p[pH]pc1C1CCCC1. The number of hydrogen-bond donors (Lipinski definition) is 0. The average molecular weight is 188 g/mol. The summed E-state index contributed by atoms with van der Waals surface area (Å²) in [6.07, 6.45) is 5.94. The smallest absolute Gasteiger partial charge is 0.00866 e. The van der Waals surface area contributed by atoms with E-state index >= 15 is 0 Å². The van der Waals surface area contributed by atoms with Gasteiger partial charge >= 0.3 is 0 Å². The molecule has 1 aliphatic rings. The number of hydrogen-bond acceptors (Lipinski definition) is 0. The highest BCUT2D eigenvalue weighted by atomic mass is 32.1. The molecule has 0 bridgehead atoms. The van der Waals surface area contributed by atoms with Crippen LogP contribution >= 0.6 is 23.3 Å². The predicted octanol–water partition coefficient (Wildman–Crippen LogP) is 4.54. The molecule has 1 aliphatic carbocycles. The molecule has 0 spiro atoms. The molecule has 1 atom stereocenters. The van der Waals surface area contributed by atoms with Crippen LogP contribution in [0.2, 0.25) is 0 Å². The Labute approximate surface area is 66.5 Å². The van der Waals surface area contributed by atoms with Crippen molar-refractivity contribution >= 4 is 23.3 Å². The summed E-state index contributed by atoms with van der Waals surface area (Å²) in [4.78, 5) is 0. The fraction of sp³-hybridized carbons (Fsp3) is 0.714. The van der Waals surface area contributed by atoms with Crippen LogP contribution in [-0.2, 0) is 0 Å². The van der Waals surface area contributed by atoms with Gasteiger partial charge in [0.25, 0.3) is 0 Å². The Morgan fingerprint density at radius 1 is 1.40 bits per heavy atom. The summed E-state index contributed by atoms with van der Waals surface area (Å²) in [6.45, 7) is 0. The minimum absolute atomic E-state index is 1.00. The molecule has 10 heavy (non-hydrogen) atoms. The van der Waals surface area contributed by atoms with Crippen molar-refractivity contribution in [2.75, 3.05) is 0 Å². The highest BCUT2D eigenvalue weighted by Crippen LogP contribution is 2.45. The van der Waals surface area contributed by atoms with Gasteiger partial charge in [0.1, 0.15) is 0 Å². The van der Waals surface area contributed by atoms with E-state index < -0.39 is 0 Å². The van der Waals surface area contributed by atoms with Crippen LogP contribution in [0.5, 0.6) is 0 Å². The van der Waals surface area contributed by atoms with Gasteiger partial charge in [-0.2, -0.15) is 0 Å². The van der Waals surface area contributed by atoms with Crippen LogP contribution < -0.4 is 0 Å². The van der Waals surface area contributed by atoms with Crippen molar-refractivity contribution in [1.82, 2.24) is 0 Å². The quantitative estimate of drug-likeness (QED) is 0.607. The third kappa shape index (κ3) is 1.45. The first kappa shape index (κ1) is 7.30. The van der Waals surface area contributed by atoms with Gasteiger partial charge in [-0.15, -0.1) is 0 Å². The van der Waals surface area contributed by atoms with E-state index in [0.717, 1.165) is 5.92 Å². The van der Waals surface area contributed by atoms with Gasteiger partial charge in [-0.1, -0.05) is 28.3 Å². The Bertz CT molecular complexity index is 187. The lowest BCUT2D eigenvalue weighted by molar-refractivity contribution is 0.740. The van der Waals surface area contributed by atoms with Gasteiger partial charge in [-0.05, 0) is 37.7 Å². The van der Waals surface area contributed by atoms with Gasteiger partial charge in [0, 0.05) is 0 Å². The maximum absolute atomic E-state index is 2.47. The van der Waals surface area contributed by atoms with E-state index in [-0.39, 0.29) is 0 Å². The van der Waals surface area contributed by atoms with Gasteiger partial charge in [0.15, 0.2) is 0 Å². The van der Waals surface area contributed by atoms with E-state index in [2.05, 4.69) is 5.80 Å². The summed E-state index contributed by atoms with van der Waals surface area (Å²) >= 11 is 0. The topological polar surface area (TPSA) is 0 Å². The summed E-state index contributed by atoms with van der Waals surface area (Å²) in [5.74, 6) is 3.47. The molecular weight excluding hydrogens is 177 g/mol. The number of rotatable bonds is 1. The van der Waals surface area contributed by atoms with Crippen LogP contribution in [0.1, 0.15) is 36.9 Å². The van der Waals surface area contributed by atoms with Crippen molar-refractivity contribution < 1.29 is 0 Å². The van der Waals surface area contributed by atoms with E-state index in [1.807, 2.05) is 0 Å². The van der Waals surface area contributed by atoms with Crippen molar-refractivity contribution in [3.05, 3.63) is 11.1 Å². The molecule has 0 aliphatic heterocycles. The molecule has 1 saturated carbocycles. The highest BCUT2D eigenvalue weighted by molar-refractivity contribution is 8.17. The van der Waals surface area contributed by atoms with Crippen LogP contribution in [0.4, 0.5) is 0 Å². The van der Waals surface area contributed by atoms with Crippen molar-refractivity contribution in [3.63, 3.8) is 0 Å². The lowest BCUT2D eigenvalue weighted by atomic mass is 10.1. The maximum atomic E-state index is 2.47. The van der Waals surface area contributed by atoms with Gasteiger partial charge in [-0.3, -0.25) is 0 Å². The fourth-order valence-corrected chi connectivity index (χ4v) is 7.63. The molecule has 1 unspecified atom stereocenters. The molecule has 3 heteroatoms. The van der Waals surface area contributed by atoms with E-state index in [1.54, 1.807) is 21.0 Å². The predicted molar refractivity (Wildman–Crippen MR) is 52.2 cm³/mol. The van der Waals surface area contributed by atoms with Crippen molar-refractivity contribution in [2.24, 2.45) is 0 Å². The van der Waals surface area contributed by atoms with E-state index in [1.165, 1.54) is 33.2 Å². The van der Waals surface area contributed by atoms with E-state index in [4.69, 9.17) is 0 Å². The van der Waals surface area contributed by atoms with Gasteiger partial charge in [-0.25, -0.2) is 0 Å². The maximum Gasteiger partial charge on any atom is -0.00866 e. The molecule has 1 heterocycles. The normalized spacial score (nSPS) is 22.4. The second-order valence-electron chi connectivity index (χ2n) is 2.88. The Balaban J connectivity index is 2.12. The zero-order chi connectivity index (χ0) is 6.81. The first-order chi connectivity index (χ1) is 4.97. The molecular formula is C7H11P3. The van der Waals surface area contributed by atoms with Gasteiger partial charge in [0.05, 0.1) is 0 Å². The fourth-order valence-electron chi connectivity index (χ4n) is 1.63. The standard InChI is InChI=1S/C7H11P3/c1-2-4-6(3-1)7-5-8-10-9-7/h5-6,10H,1-4H2. The second kappa shape index (κ2) is 3.36. The summed E-state index contributed by atoms with van der Waals surface area (Å²) in [5.41, 5.74) is 0. The molecule has 54 valence electrons. The molecule has 1 aromatic rings. The molecule has 1 aromatic heterocycles. The minimum Gasteiger partial charge on any atom is -0.0815 e. The molecule has 0 nitrogen and oxygen atoms in total. The molecule has 0 N–H and O–H groups in total. The molecule has 0 amide bonds. The van der Waals surface area contributed by atoms with Crippen molar-refractivity contribution in [3.8, 4) is 0 Å². The van der Waals surface area contributed by atoms with E-state index in [9.17, 15) is 0 Å². The lowest BCUT2D eigenvalue weighted by Gasteiger charge is -2.02. The first-order valence-electron chi connectivity index (χ1n) is 3.82. The molecule has 0 saturated heterocycles. The third-order valence-electron chi connectivity index (χ3n) is 2.21. The monoisotopic (exact) mass is 188 g/mol. The van der Waals surface area contributed by atoms with Crippen LogP contribution in [0.3, 0.4) is 0 Å². The highest BCUT2D eigenvalue weighted by Gasteiger charge is 2.16. The third-order valence-corrected chi connectivity index (χ3v) is 7.53.